The fourth-order valence-corrected chi connectivity index (χ4v) is 5.17. The van der Waals surface area contributed by atoms with Crippen LogP contribution in [0.4, 0.5) is 5.69 Å². The van der Waals surface area contributed by atoms with Crippen molar-refractivity contribution in [2.24, 2.45) is 26.9 Å². The van der Waals surface area contributed by atoms with Gasteiger partial charge in [-0.1, -0.05) is 26.0 Å². The zero-order valence-corrected chi connectivity index (χ0v) is 25.5. The van der Waals surface area contributed by atoms with Gasteiger partial charge in [0.1, 0.15) is 11.5 Å². The smallest absolute Gasteiger partial charge is 0.493 e. The Hall–Kier alpha value is -4.58. The Kier molecular flexibility index (Phi) is 9.92. The summed E-state index contributed by atoms with van der Waals surface area (Å²) in [5.41, 5.74) is 14.9. The van der Waals surface area contributed by atoms with E-state index in [-0.39, 0.29) is 23.2 Å². The average molecular weight is 592 g/mol. The molecule has 0 aliphatic carbocycles. The molecule has 0 fully saturated rings. The Morgan fingerprint density at radius 1 is 1.02 bits per heavy atom. The molecule has 3 aromatic rings. The Bertz CT molecular complexity index is 1540. The summed E-state index contributed by atoms with van der Waals surface area (Å²) in [5, 5.41) is 2.97. The Labute approximate surface area is 251 Å². The zero-order chi connectivity index (χ0) is 31.1. The highest BCUT2D eigenvalue weighted by atomic mass is 16.6. The van der Waals surface area contributed by atoms with Crippen LogP contribution in [-0.2, 0) is 13.1 Å². The van der Waals surface area contributed by atoms with Crippen LogP contribution in [0.3, 0.4) is 0 Å². The van der Waals surface area contributed by atoms with Crippen LogP contribution in [-0.4, -0.2) is 60.9 Å². The van der Waals surface area contributed by atoms with Gasteiger partial charge < -0.3 is 35.3 Å². The lowest BCUT2D eigenvalue weighted by Gasteiger charge is -2.35. The van der Waals surface area contributed by atoms with E-state index in [4.69, 9.17) is 25.0 Å². The molecule has 1 amide bonds. The number of aryl methyl sites for hydroxylation is 2. The van der Waals surface area contributed by atoms with E-state index in [1.807, 2.05) is 25.1 Å². The van der Waals surface area contributed by atoms with Crippen LogP contribution in [0.1, 0.15) is 53.3 Å². The molecule has 230 valence electrons. The van der Waals surface area contributed by atoms with E-state index in [0.29, 0.717) is 62.1 Å². The van der Waals surface area contributed by atoms with Gasteiger partial charge in [-0.3, -0.25) is 9.69 Å². The first-order valence-electron chi connectivity index (χ1n) is 14.2. The fraction of sp³-hybridized carbons (Fsp3) is 0.419. The molecule has 0 atom stereocenters. The quantitative estimate of drug-likeness (QED) is 0.405. The molecule has 5 heterocycles. The number of hydrogen-bond donors (Lipinski definition) is 3. The lowest BCUT2D eigenvalue weighted by molar-refractivity contribution is 0.0677. The van der Waals surface area contributed by atoms with E-state index in [0.717, 1.165) is 23.3 Å². The fourth-order valence-electron chi connectivity index (χ4n) is 5.17. The molecule has 0 saturated carbocycles. The molecule has 43 heavy (non-hydrogen) atoms. The average Bonchev–Trinajstić information content (AvgIpc) is 3.25. The molecular weight excluding hydrogens is 550 g/mol. The van der Waals surface area contributed by atoms with Gasteiger partial charge in [-0.2, -0.15) is 4.99 Å². The molecule has 4 aliphatic rings. The molecule has 0 spiro atoms. The van der Waals surface area contributed by atoms with Crippen molar-refractivity contribution >= 4 is 23.5 Å². The predicted molar refractivity (Wildman–Crippen MR) is 166 cm³/mol. The first-order valence-corrected chi connectivity index (χ1v) is 14.2. The first kappa shape index (κ1) is 31.4. The number of carbonyl (C=O) groups is 1. The number of ether oxygens (including phenoxy) is 1. The molecule has 5 N–H and O–H groups in total. The molecule has 0 saturated heterocycles. The zero-order valence-electron chi connectivity index (χ0n) is 25.5. The molecule has 0 unspecified atom stereocenters. The van der Waals surface area contributed by atoms with E-state index in [9.17, 15) is 9.59 Å². The molecule has 1 aromatic heterocycles. The van der Waals surface area contributed by atoms with Crippen molar-refractivity contribution in [1.29, 1.82) is 0 Å². The summed E-state index contributed by atoms with van der Waals surface area (Å²) in [5.74, 6) is 1.05. The standard InChI is InChI=1S/C31H41N7O5/c1-20-15-22-7-12-25(20)41-14-6-13-38(17-26-21(2)42-30(40)43-26)19-31(3,4)18-37(5)27(39)23-8-10-24(11-9-23)35-29(33)36-28(32)34-16-22/h7-12,15H,6,13-14,16-19H2,1-5H3,(H5,32,33,34,35,36). The molecule has 2 aromatic carbocycles. The van der Waals surface area contributed by atoms with Gasteiger partial charge in [-0.15, -0.1) is 0 Å². The summed E-state index contributed by atoms with van der Waals surface area (Å²) in [4.78, 5) is 37.3. The maximum Gasteiger partial charge on any atom is 0.519 e. The maximum atomic E-state index is 13.3. The van der Waals surface area contributed by atoms with E-state index in [2.05, 4.69) is 34.0 Å². The predicted octanol–water partition coefficient (Wildman–Crippen LogP) is 3.47. The molecule has 7 rings (SSSR count). The van der Waals surface area contributed by atoms with Gasteiger partial charge in [0, 0.05) is 37.9 Å². The van der Waals surface area contributed by atoms with Gasteiger partial charge in [0.15, 0.2) is 5.76 Å². The third-order valence-corrected chi connectivity index (χ3v) is 7.04. The highest BCUT2D eigenvalue weighted by Gasteiger charge is 2.27. The van der Waals surface area contributed by atoms with Crippen molar-refractivity contribution < 1.29 is 18.4 Å². The highest BCUT2D eigenvalue weighted by molar-refractivity contribution is 6.01. The van der Waals surface area contributed by atoms with Crippen LogP contribution in [0.25, 0.3) is 0 Å². The minimum absolute atomic E-state index is 0.0444. The highest BCUT2D eigenvalue weighted by Crippen LogP contribution is 2.23. The van der Waals surface area contributed by atoms with Crippen LogP contribution in [0.2, 0.25) is 0 Å². The molecule has 0 radical (unpaired) electrons. The van der Waals surface area contributed by atoms with Gasteiger partial charge in [0.25, 0.3) is 5.91 Å². The number of hydrogen-bond acceptors (Lipinski definition) is 11. The lowest BCUT2D eigenvalue weighted by Crippen LogP contribution is -2.43. The largest absolute Gasteiger partial charge is 0.519 e. The molecule has 4 bridgehead atoms. The van der Waals surface area contributed by atoms with Crippen molar-refractivity contribution in [2.75, 3.05) is 38.6 Å². The van der Waals surface area contributed by atoms with Crippen LogP contribution in [0, 0.1) is 19.3 Å². The molecule has 12 heteroatoms. The van der Waals surface area contributed by atoms with Crippen LogP contribution >= 0.6 is 0 Å². The summed E-state index contributed by atoms with van der Waals surface area (Å²) in [6.45, 7) is 11.0. The molecular formula is C31H41N7O5. The number of aliphatic imine (C=N–C) groups is 2. The van der Waals surface area contributed by atoms with Crippen molar-refractivity contribution in [3.05, 3.63) is 81.3 Å². The summed E-state index contributed by atoms with van der Waals surface area (Å²) in [6, 6.07) is 12.9. The second kappa shape index (κ2) is 13.6. The number of carbonyl (C=O) groups excluding carboxylic acids is 1. The van der Waals surface area contributed by atoms with E-state index in [1.165, 1.54) is 0 Å². The number of rotatable bonds is 2. The van der Waals surface area contributed by atoms with Gasteiger partial charge in [-0.25, -0.2) is 9.79 Å². The van der Waals surface area contributed by atoms with E-state index < -0.39 is 5.82 Å². The third-order valence-electron chi connectivity index (χ3n) is 7.04. The van der Waals surface area contributed by atoms with Gasteiger partial charge in [0.2, 0.25) is 11.9 Å². The van der Waals surface area contributed by atoms with Gasteiger partial charge >= 0.3 is 5.82 Å². The van der Waals surface area contributed by atoms with Crippen molar-refractivity contribution in [3.8, 4) is 5.75 Å². The number of nitrogens with two attached hydrogens (primary N) is 2. The summed E-state index contributed by atoms with van der Waals surface area (Å²) >= 11 is 0. The normalized spacial score (nSPS) is 17.5. The van der Waals surface area contributed by atoms with E-state index in [1.54, 1.807) is 43.1 Å². The van der Waals surface area contributed by atoms with Crippen LogP contribution < -0.4 is 27.3 Å². The van der Waals surface area contributed by atoms with Crippen LogP contribution in [0.5, 0.6) is 5.75 Å². The second-order valence-electron chi connectivity index (χ2n) is 11.6. The van der Waals surface area contributed by atoms with Crippen molar-refractivity contribution in [3.63, 3.8) is 0 Å². The Morgan fingerprint density at radius 2 is 1.77 bits per heavy atom. The number of nitrogens with one attached hydrogen (secondary N) is 1. The third kappa shape index (κ3) is 8.95. The lowest BCUT2D eigenvalue weighted by atomic mass is 9.91. The summed E-state index contributed by atoms with van der Waals surface area (Å²) in [7, 11) is 1.79. The summed E-state index contributed by atoms with van der Waals surface area (Å²) < 4.78 is 16.5. The molecule has 4 aliphatic heterocycles. The second-order valence-corrected chi connectivity index (χ2v) is 11.6. The number of nitrogens with zero attached hydrogens (tertiary/aromatic N) is 4. The minimum atomic E-state index is -0.713. The van der Waals surface area contributed by atoms with Crippen molar-refractivity contribution in [1.82, 2.24) is 9.80 Å². The maximum absolute atomic E-state index is 13.3. The van der Waals surface area contributed by atoms with Crippen molar-refractivity contribution in [2.45, 2.75) is 47.2 Å². The van der Waals surface area contributed by atoms with Gasteiger partial charge in [-0.05, 0) is 67.1 Å². The van der Waals surface area contributed by atoms with E-state index >= 15 is 0 Å². The summed E-state index contributed by atoms with van der Waals surface area (Å²) in [6.07, 6.45) is 0.730. The van der Waals surface area contributed by atoms with Crippen LogP contribution in [0.15, 0.2) is 66.1 Å². The monoisotopic (exact) mass is 591 g/mol. The number of benzene rings is 2. The topological polar surface area (TPSA) is 165 Å². The first-order chi connectivity index (χ1) is 20.4. The minimum Gasteiger partial charge on any atom is -0.493 e. The number of amides is 1. The SMILES string of the molecule is Cc1cc2ccc1OCCCN(Cc1oc(=O)oc1C)CC(C)(C)CN(C)C(=O)c1ccc(cc1)NC(N)=NC(N)=NC2. The molecule has 12 nitrogen and oxygen atoms in total. The Balaban J connectivity index is 1.59. The Morgan fingerprint density at radius 3 is 2.44 bits per heavy atom. The number of anilines is 1. The van der Waals surface area contributed by atoms with Gasteiger partial charge in [0.05, 0.1) is 19.7 Å². The number of guanidine groups is 2.